The maximum absolute atomic E-state index is 6.76. The average molecular weight is 578 g/mol. The number of hydrogen-bond acceptors (Lipinski definition) is 2. The van der Waals surface area contributed by atoms with Crippen LogP contribution >= 0.6 is 0 Å². The maximum atomic E-state index is 6.76. The number of nitrogens with zero attached hydrogens (tertiary/aromatic N) is 3. The summed E-state index contributed by atoms with van der Waals surface area (Å²) in [4.78, 5) is 5.53. The van der Waals surface area contributed by atoms with Gasteiger partial charge < -0.3 is 4.42 Å². The van der Waals surface area contributed by atoms with Gasteiger partial charge in [0.25, 0.3) is 0 Å². The summed E-state index contributed by atoms with van der Waals surface area (Å²) < 4.78 is 11.4. The van der Waals surface area contributed by atoms with Crippen LogP contribution in [0.1, 0.15) is 17.7 Å². The van der Waals surface area contributed by atoms with Crippen molar-refractivity contribution in [2.24, 2.45) is 0 Å². The van der Waals surface area contributed by atoms with Gasteiger partial charge in [-0.3, -0.25) is 9.13 Å². The number of pyridine rings is 1. The second-order valence-electron chi connectivity index (χ2n) is 11.9. The lowest BCUT2D eigenvalue weighted by atomic mass is 10.0. The lowest BCUT2D eigenvalue weighted by Crippen LogP contribution is -2.07. The zero-order valence-electron chi connectivity index (χ0n) is 24.4. The molecule has 0 unspecified atom stereocenters. The molecule has 45 heavy (non-hydrogen) atoms. The molecule has 0 aliphatic heterocycles. The molecule has 0 atom stereocenters. The highest BCUT2D eigenvalue weighted by Gasteiger charge is 2.24. The third-order valence-corrected chi connectivity index (χ3v) is 9.40. The second-order valence-corrected chi connectivity index (χ2v) is 11.9. The number of aromatic nitrogens is 3. The standard InChI is InChI=1S/C41H27N3O/c1-2-12-26(13-3-1)27-22-23-38-32(24-27)33-25-39(43-34-18-8-4-14-28(34)29-15-5-9-19-35(29)43)42-41(40(33)45-38)44-36-20-10-6-16-30(36)31-17-7-11-21-37(31)44/h1-8,10-18,20-25H,9,19H2. The zero-order chi connectivity index (χ0) is 29.5. The molecule has 1 aliphatic rings. The van der Waals surface area contributed by atoms with E-state index in [9.17, 15) is 0 Å². The minimum Gasteiger partial charge on any atom is -0.452 e. The Morgan fingerprint density at radius 3 is 1.98 bits per heavy atom. The molecule has 212 valence electrons. The van der Waals surface area contributed by atoms with Crippen LogP contribution in [0.25, 0.3) is 83.5 Å². The van der Waals surface area contributed by atoms with Gasteiger partial charge in [0.1, 0.15) is 11.4 Å². The molecule has 0 N–H and O–H groups in total. The van der Waals surface area contributed by atoms with Crippen LogP contribution in [0.5, 0.6) is 0 Å². The number of benzene rings is 5. The van der Waals surface area contributed by atoms with Gasteiger partial charge in [-0.1, -0.05) is 103 Å². The fraction of sp³-hybridized carbons (Fsp3) is 0.0488. The molecule has 4 aromatic heterocycles. The van der Waals surface area contributed by atoms with Crippen molar-refractivity contribution in [3.05, 3.63) is 145 Å². The minimum atomic E-state index is 0.788. The van der Waals surface area contributed by atoms with Gasteiger partial charge >= 0.3 is 0 Å². The van der Waals surface area contributed by atoms with E-state index in [4.69, 9.17) is 9.40 Å². The van der Waals surface area contributed by atoms with Crippen molar-refractivity contribution in [1.82, 2.24) is 14.1 Å². The molecular weight excluding hydrogens is 550 g/mol. The fourth-order valence-electron chi connectivity index (χ4n) is 7.41. The molecule has 0 saturated heterocycles. The molecule has 9 aromatic rings. The first-order valence-electron chi connectivity index (χ1n) is 15.5. The highest BCUT2D eigenvalue weighted by molar-refractivity contribution is 6.13. The molecule has 0 fully saturated rings. The Bertz CT molecular complexity index is 2600. The Balaban J connectivity index is 1.37. The van der Waals surface area contributed by atoms with Crippen LogP contribution in [0.15, 0.2) is 138 Å². The summed E-state index contributed by atoms with van der Waals surface area (Å²) in [6.45, 7) is 0. The molecule has 0 amide bonds. The number of fused-ring (bicyclic) bond motifs is 9. The van der Waals surface area contributed by atoms with Gasteiger partial charge in [0, 0.05) is 38.2 Å². The van der Waals surface area contributed by atoms with Gasteiger partial charge in [-0.25, -0.2) is 4.98 Å². The van der Waals surface area contributed by atoms with Crippen molar-refractivity contribution in [3.63, 3.8) is 0 Å². The molecule has 4 heterocycles. The van der Waals surface area contributed by atoms with Gasteiger partial charge in [0.2, 0.25) is 0 Å². The van der Waals surface area contributed by atoms with E-state index in [-0.39, 0.29) is 0 Å². The van der Waals surface area contributed by atoms with Gasteiger partial charge in [-0.2, -0.15) is 0 Å². The summed E-state index contributed by atoms with van der Waals surface area (Å²) in [5.74, 6) is 1.70. The molecule has 5 aromatic carbocycles. The van der Waals surface area contributed by atoms with Crippen LogP contribution in [-0.2, 0) is 6.42 Å². The third-order valence-electron chi connectivity index (χ3n) is 9.40. The van der Waals surface area contributed by atoms with E-state index in [0.29, 0.717) is 0 Å². The van der Waals surface area contributed by atoms with Crippen LogP contribution in [-0.4, -0.2) is 14.1 Å². The normalized spacial score (nSPS) is 13.1. The Morgan fingerprint density at radius 1 is 0.556 bits per heavy atom. The summed E-state index contributed by atoms with van der Waals surface area (Å²) >= 11 is 0. The lowest BCUT2D eigenvalue weighted by molar-refractivity contribution is 0.663. The highest BCUT2D eigenvalue weighted by Crippen LogP contribution is 2.41. The first-order chi connectivity index (χ1) is 22.3. The summed E-state index contributed by atoms with van der Waals surface area (Å²) in [6, 6.07) is 45.2. The molecule has 0 spiro atoms. The van der Waals surface area contributed by atoms with Crippen LogP contribution in [0.4, 0.5) is 0 Å². The lowest BCUT2D eigenvalue weighted by Gasteiger charge is -2.15. The van der Waals surface area contributed by atoms with Crippen molar-refractivity contribution in [2.45, 2.75) is 12.8 Å². The number of furan rings is 1. The van der Waals surface area contributed by atoms with Crippen LogP contribution in [0.3, 0.4) is 0 Å². The van der Waals surface area contributed by atoms with Crippen molar-refractivity contribution in [1.29, 1.82) is 0 Å². The number of allylic oxidation sites excluding steroid dienone is 1. The first-order valence-corrected chi connectivity index (χ1v) is 15.5. The predicted octanol–water partition coefficient (Wildman–Crippen LogP) is 10.6. The smallest absolute Gasteiger partial charge is 0.183 e. The quantitative estimate of drug-likeness (QED) is 0.209. The highest BCUT2D eigenvalue weighted by atomic mass is 16.3. The molecular formula is C41H27N3O. The zero-order valence-corrected chi connectivity index (χ0v) is 24.4. The molecule has 10 rings (SSSR count). The maximum Gasteiger partial charge on any atom is 0.183 e. The van der Waals surface area contributed by atoms with Crippen LogP contribution in [0, 0.1) is 0 Å². The first kappa shape index (κ1) is 24.6. The minimum absolute atomic E-state index is 0.788. The Kier molecular flexibility index (Phi) is 5.08. The third kappa shape index (κ3) is 3.51. The van der Waals surface area contributed by atoms with Crippen molar-refractivity contribution in [3.8, 4) is 22.8 Å². The van der Waals surface area contributed by atoms with Crippen molar-refractivity contribution >= 4 is 60.7 Å². The van der Waals surface area contributed by atoms with E-state index >= 15 is 0 Å². The SMILES string of the molecule is C1=Cc2c(n(-c3cc4c(oc5ccc(-c6ccccc6)cc54)c(-n4c5ccccc5c5ccccc54)n3)c3ccccc23)CC1. The molecule has 1 aliphatic carbocycles. The summed E-state index contributed by atoms with van der Waals surface area (Å²) in [5.41, 5.74) is 9.97. The molecule has 0 bridgehead atoms. The van der Waals surface area contributed by atoms with Crippen LogP contribution in [0.2, 0.25) is 0 Å². The summed E-state index contributed by atoms with van der Waals surface area (Å²) in [7, 11) is 0. The number of rotatable bonds is 3. The van der Waals surface area contributed by atoms with E-state index in [2.05, 4.69) is 149 Å². The van der Waals surface area contributed by atoms with E-state index < -0.39 is 0 Å². The van der Waals surface area contributed by atoms with E-state index in [1.807, 2.05) is 0 Å². The Hall–Kier alpha value is -5.87. The monoisotopic (exact) mass is 577 g/mol. The Labute approximate surface area is 259 Å². The van der Waals surface area contributed by atoms with Gasteiger partial charge in [-0.05, 0) is 60.4 Å². The average Bonchev–Trinajstić information content (AvgIpc) is 3.76. The van der Waals surface area contributed by atoms with Gasteiger partial charge in [0.05, 0.1) is 16.6 Å². The fourth-order valence-corrected chi connectivity index (χ4v) is 7.41. The van der Waals surface area contributed by atoms with E-state index in [0.717, 1.165) is 63.0 Å². The predicted molar refractivity (Wildman–Crippen MR) is 185 cm³/mol. The summed E-state index contributed by atoms with van der Waals surface area (Å²) in [6.07, 6.45) is 6.55. The summed E-state index contributed by atoms with van der Waals surface area (Å²) in [5, 5.41) is 5.80. The van der Waals surface area contributed by atoms with E-state index in [1.54, 1.807) is 0 Å². The molecule has 0 radical (unpaired) electrons. The van der Waals surface area contributed by atoms with Crippen LogP contribution < -0.4 is 0 Å². The topological polar surface area (TPSA) is 35.9 Å². The Morgan fingerprint density at radius 2 is 1.22 bits per heavy atom. The molecule has 4 nitrogen and oxygen atoms in total. The van der Waals surface area contributed by atoms with Crippen molar-refractivity contribution in [2.75, 3.05) is 0 Å². The second kappa shape index (κ2) is 9.31. The van der Waals surface area contributed by atoms with E-state index in [1.165, 1.54) is 38.5 Å². The number of para-hydroxylation sites is 3. The van der Waals surface area contributed by atoms with Crippen molar-refractivity contribution < 1.29 is 4.42 Å². The van der Waals surface area contributed by atoms with Gasteiger partial charge in [0.15, 0.2) is 11.4 Å². The molecule has 0 saturated carbocycles. The largest absolute Gasteiger partial charge is 0.452 e. The number of hydrogen-bond donors (Lipinski definition) is 0. The molecule has 4 heteroatoms. The van der Waals surface area contributed by atoms with Gasteiger partial charge in [-0.15, -0.1) is 0 Å².